The van der Waals surface area contributed by atoms with Gasteiger partial charge in [0.25, 0.3) is 11.5 Å². The van der Waals surface area contributed by atoms with E-state index in [-0.39, 0.29) is 35.6 Å². The van der Waals surface area contributed by atoms with Gasteiger partial charge in [-0.05, 0) is 41.3 Å². The number of rotatable bonds is 4. The Balaban J connectivity index is 1.37. The van der Waals surface area contributed by atoms with Crippen LogP contribution in [0.1, 0.15) is 63.5 Å². The number of pyridine rings is 1. The van der Waals surface area contributed by atoms with Gasteiger partial charge in [0.2, 0.25) is 5.91 Å². The number of nitrogens with one attached hydrogen (secondary N) is 2. The number of fused-ring (bicyclic) bond motifs is 2. The maximum absolute atomic E-state index is 12.5. The first-order chi connectivity index (χ1) is 14.2. The minimum atomic E-state index is -0.566. The van der Waals surface area contributed by atoms with Crippen molar-refractivity contribution in [2.24, 2.45) is 5.41 Å². The van der Waals surface area contributed by atoms with Gasteiger partial charge in [-0.1, -0.05) is 13.8 Å². The number of thiophene rings is 1. The molecule has 0 radical (unpaired) electrons. The topological polar surface area (TPSA) is 99.3 Å². The van der Waals surface area contributed by atoms with E-state index in [0.717, 1.165) is 6.42 Å². The fraction of sp³-hybridized carbons (Fsp3) is 0.455. The third-order valence-electron chi connectivity index (χ3n) is 5.75. The van der Waals surface area contributed by atoms with Crippen molar-refractivity contribution < 1.29 is 14.4 Å². The minimum absolute atomic E-state index is 0.0242. The lowest BCUT2D eigenvalue weighted by atomic mass is 9.75. The van der Waals surface area contributed by atoms with Crippen LogP contribution in [-0.2, 0) is 24.2 Å². The highest BCUT2D eigenvalue weighted by Crippen LogP contribution is 2.33. The number of amides is 2. The lowest BCUT2D eigenvalue weighted by Crippen LogP contribution is -2.38. The summed E-state index contributed by atoms with van der Waals surface area (Å²) in [6, 6.07) is 3.44. The molecule has 0 fully saturated rings. The molecule has 1 aliphatic heterocycles. The molecule has 2 N–H and O–H groups in total. The Morgan fingerprint density at radius 3 is 2.87 bits per heavy atom. The number of hydrogen-bond acceptors (Lipinski definition) is 5. The predicted molar refractivity (Wildman–Crippen MR) is 114 cm³/mol. The molecular formula is C22H25N3O4S. The second-order valence-corrected chi connectivity index (χ2v) is 9.79. The molecule has 2 aromatic heterocycles. The smallest absolute Gasteiger partial charge is 0.261 e. The molecule has 7 nitrogen and oxygen atoms in total. The molecule has 0 unspecified atom stereocenters. The van der Waals surface area contributed by atoms with Crippen molar-refractivity contribution in [2.75, 3.05) is 13.1 Å². The molecule has 0 saturated heterocycles. The van der Waals surface area contributed by atoms with Crippen LogP contribution >= 0.6 is 11.3 Å². The molecule has 2 aliphatic rings. The average Bonchev–Trinajstić information content (AvgIpc) is 3.14. The van der Waals surface area contributed by atoms with Gasteiger partial charge in [-0.2, -0.15) is 0 Å². The molecule has 8 heteroatoms. The van der Waals surface area contributed by atoms with Crippen LogP contribution < -0.4 is 10.9 Å². The summed E-state index contributed by atoms with van der Waals surface area (Å²) in [4.78, 5) is 55.6. The zero-order chi connectivity index (χ0) is 21.5. The van der Waals surface area contributed by atoms with E-state index in [1.54, 1.807) is 16.2 Å². The van der Waals surface area contributed by atoms with Crippen molar-refractivity contribution in [3.05, 3.63) is 55.1 Å². The van der Waals surface area contributed by atoms with Crippen LogP contribution in [0, 0.1) is 5.41 Å². The number of carbonyl (C=O) groups is 3. The van der Waals surface area contributed by atoms with Crippen molar-refractivity contribution in [3.8, 4) is 0 Å². The van der Waals surface area contributed by atoms with Crippen molar-refractivity contribution in [1.29, 1.82) is 0 Å². The molecule has 1 aliphatic carbocycles. The lowest BCUT2D eigenvalue weighted by molar-refractivity contribution is -0.131. The number of carbonyl (C=O) groups excluding carboxylic acids is 3. The molecular weight excluding hydrogens is 402 g/mol. The maximum atomic E-state index is 12.5. The Morgan fingerprint density at radius 1 is 1.27 bits per heavy atom. The summed E-state index contributed by atoms with van der Waals surface area (Å²) in [5.74, 6) is -0.660. The summed E-state index contributed by atoms with van der Waals surface area (Å²) in [5.41, 5.74) is 1.38. The molecule has 0 bridgehead atoms. The second kappa shape index (κ2) is 7.83. The number of aromatic nitrogens is 1. The van der Waals surface area contributed by atoms with Gasteiger partial charge in [0, 0.05) is 48.6 Å². The Morgan fingerprint density at radius 2 is 2.07 bits per heavy atom. The second-order valence-electron chi connectivity index (χ2n) is 8.79. The van der Waals surface area contributed by atoms with Crippen LogP contribution in [0.5, 0.6) is 0 Å². The van der Waals surface area contributed by atoms with Gasteiger partial charge >= 0.3 is 0 Å². The van der Waals surface area contributed by atoms with Gasteiger partial charge in [-0.15, -0.1) is 11.3 Å². The highest BCUT2D eigenvalue weighted by Gasteiger charge is 2.32. The quantitative estimate of drug-likeness (QED) is 0.782. The Hall–Kier alpha value is -2.74. The van der Waals surface area contributed by atoms with E-state index in [1.807, 2.05) is 25.3 Å². The molecule has 0 spiro atoms. The summed E-state index contributed by atoms with van der Waals surface area (Å²) < 4.78 is 0. The van der Waals surface area contributed by atoms with Crippen LogP contribution in [0.15, 0.2) is 22.3 Å². The summed E-state index contributed by atoms with van der Waals surface area (Å²) in [5, 5.41) is 4.69. The van der Waals surface area contributed by atoms with E-state index in [4.69, 9.17) is 0 Å². The van der Waals surface area contributed by atoms with Crippen molar-refractivity contribution in [3.63, 3.8) is 0 Å². The first kappa shape index (κ1) is 20.5. The normalized spacial score (nSPS) is 17.3. The van der Waals surface area contributed by atoms with Crippen molar-refractivity contribution in [2.45, 2.75) is 46.1 Å². The standard InChI is InChI=1S/C22H25N3O4S/c1-22(2)10-16-14(17(26)11-22)9-15(21(29)24-16)20(28)23-6-3-19(27)25-7-4-18-13(12-25)5-8-30-18/h5,8-9H,3-4,6-7,10-12H2,1-2H3,(H,23,28)(H,24,29). The van der Waals surface area contributed by atoms with Crippen LogP contribution in [0.2, 0.25) is 0 Å². The summed E-state index contributed by atoms with van der Waals surface area (Å²) in [6.45, 7) is 5.39. The molecule has 3 heterocycles. The van der Waals surface area contributed by atoms with E-state index >= 15 is 0 Å². The number of ketones is 1. The Bertz CT molecular complexity index is 1080. The highest BCUT2D eigenvalue weighted by atomic mass is 32.1. The number of hydrogen-bond donors (Lipinski definition) is 2. The van der Waals surface area contributed by atoms with Gasteiger partial charge < -0.3 is 15.2 Å². The molecule has 4 rings (SSSR count). The molecule has 0 saturated carbocycles. The van der Waals surface area contributed by atoms with Gasteiger partial charge in [-0.3, -0.25) is 19.2 Å². The Labute approximate surface area is 178 Å². The largest absolute Gasteiger partial charge is 0.351 e. The third kappa shape index (κ3) is 4.09. The van der Waals surface area contributed by atoms with Gasteiger partial charge in [0.05, 0.1) is 0 Å². The van der Waals surface area contributed by atoms with Crippen LogP contribution in [-0.4, -0.2) is 40.6 Å². The monoisotopic (exact) mass is 427 g/mol. The number of nitrogens with zero attached hydrogens (tertiary/aromatic N) is 1. The third-order valence-corrected chi connectivity index (χ3v) is 6.77. The maximum Gasteiger partial charge on any atom is 0.261 e. The number of aromatic amines is 1. The van der Waals surface area contributed by atoms with Crippen LogP contribution in [0.25, 0.3) is 0 Å². The molecule has 0 atom stereocenters. The van der Waals surface area contributed by atoms with Gasteiger partial charge in [-0.25, -0.2) is 0 Å². The zero-order valence-corrected chi connectivity index (χ0v) is 18.0. The highest BCUT2D eigenvalue weighted by molar-refractivity contribution is 7.10. The summed E-state index contributed by atoms with van der Waals surface area (Å²) >= 11 is 1.72. The summed E-state index contributed by atoms with van der Waals surface area (Å²) in [6.07, 6.45) is 1.99. The molecule has 30 heavy (non-hydrogen) atoms. The van der Waals surface area contributed by atoms with Gasteiger partial charge in [0.15, 0.2) is 5.78 Å². The molecule has 158 valence electrons. The van der Waals surface area contributed by atoms with Crippen molar-refractivity contribution in [1.82, 2.24) is 15.2 Å². The SMILES string of the molecule is CC1(C)CC(=O)c2cc(C(=O)NCCC(=O)N3CCc4sccc4C3)c(=O)[nH]c2C1. The van der Waals surface area contributed by atoms with Crippen molar-refractivity contribution >= 4 is 28.9 Å². The van der Waals surface area contributed by atoms with E-state index in [1.165, 1.54) is 16.5 Å². The fourth-order valence-electron chi connectivity index (χ4n) is 4.19. The van der Waals surface area contributed by atoms with E-state index in [9.17, 15) is 19.2 Å². The first-order valence-corrected chi connectivity index (χ1v) is 11.0. The number of Topliss-reactive ketones (excluding diaryl/α,β-unsaturated/α-hetero) is 1. The fourth-order valence-corrected chi connectivity index (χ4v) is 5.08. The molecule has 2 amide bonds. The lowest BCUT2D eigenvalue weighted by Gasteiger charge is -2.29. The van der Waals surface area contributed by atoms with E-state index in [0.29, 0.717) is 37.2 Å². The molecule has 2 aromatic rings. The van der Waals surface area contributed by atoms with E-state index < -0.39 is 11.5 Å². The minimum Gasteiger partial charge on any atom is -0.351 e. The summed E-state index contributed by atoms with van der Waals surface area (Å²) in [7, 11) is 0. The zero-order valence-electron chi connectivity index (χ0n) is 17.2. The first-order valence-electron chi connectivity index (χ1n) is 10.1. The number of H-pyrrole nitrogens is 1. The Kier molecular flexibility index (Phi) is 5.36. The van der Waals surface area contributed by atoms with Crippen LogP contribution in [0.3, 0.4) is 0 Å². The van der Waals surface area contributed by atoms with Gasteiger partial charge in [0.1, 0.15) is 5.56 Å². The van der Waals surface area contributed by atoms with Crippen LogP contribution in [0.4, 0.5) is 0 Å². The molecule has 0 aromatic carbocycles. The average molecular weight is 428 g/mol. The predicted octanol–water partition coefficient (Wildman–Crippen LogP) is 2.30. The van der Waals surface area contributed by atoms with E-state index in [2.05, 4.69) is 10.3 Å².